The summed E-state index contributed by atoms with van der Waals surface area (Å²) >= 11 is 0. The summed E-state index contributed by atoms with van der Waals surface area (Å²) in [5.41, 5.74) is 1.04. The van der Waals surface area contributed by atoms with Crippen LogP contribution in [-0.4, -0.2) is 19.6 Å². The summed E-state index contributed by atoms with van der Waals surface area (Å²) in [5, 5.41) is 1.37. The minimum atomic E-state index is -0.287. The highest BCUT2D eigenvalue weighted by atomic mass is 31.1. The van der Waals surface area contributed by atoms with E-state index in [0.717, 1.165) is 30.3 Å². The molecule has 1 unspecified atom stereocenters. The second-order valence-corrected chi connectivity index (χ2v) is 6.78. The molecule has 0 fully saturated rings. The van der Waals surface area contributed by atoms with Gasteiger partial charge in [0, 0.05) is 12.0 Å². The molecule has 21 heavy (non-hydrogen) atoms. The van der Waals surface area contributed by atoms with E-state index in [1.165, 1.54) is 5.30 Å². The van der Waals surface area contributed by atoms with Crippen LogP contribution < -0.4 is 10.0 Å². The van der Waals surface area contributed by atoms with Crippen molar-refractivity contribution in [2.75, 3.05) is 13.3 Å². The molecule has 0 aromatic heterocycles. The van der Waals surface area contributed by atoms with Gasteiger partial charge in [0.1, 0.15) is 24.8 Å². The van der Waals surface area contributed by atoms with Gasteiger partial charge >= 0.3 is 0 Å². The van der Waals surface area contributed by atoms with Crippen LogP contribution in [0.15, 0.2) is 54.6 Å². The minimum Gasteiger partial charge on any atom is -0.497 e. The fourth-order valence-corrected chi connectivity index (χ4v) is 3.36. The Labute approximate surface area is 128 Å². The van der Waals surface area contributed by atoms with Gasteiger partial charge in [0.05, 0.1) is 13.4 Å². The predicted molar refractivity (Wildman–Crippen MR) is 94.1 cm³/mol. The molecule has 0 saturated carbocycles. The highest BCUT2D eigenvalue weighted by Gasteiger charge is 2.08. The molecule has 0 radical (unpaired) electrons. The van der Waals surface area contributed by atoms with Gasteiger partial charge in [-0.1, -0.05) is 30.0 Å². The molecule has 0 saturated heterocycles. The minimum absolute atomic E-state index is 0.287. The fraction of sp³-hybridized carbons (Fsp3) is 0.211. The van der Waals surface area contributed by atoms with Crippen molar-refractivity contribution < 1.29 is 4.74 Å². The Morgan fingerprint density at radius 2 is 1.76 bits per heavy atom. The lowest BCUT2D eigenvalue weighted by molar-refractivity contribution is 0.415. The molecule has 0 aliphatic rings. The first-order chi connectivity index (χ1) is 10.3. The first-order valence-electron chi connectivity index (χ1n) is 7.05. The van der Waals surface area contributed by atoms with Gasteiger partial charge in [0.2, 0.25) is 0 Å². The normalized spacial score (nSPS) is 10.4. The fourth-order valence-electron chi connectivity index (χ4n) is 1.97. The molecule has 0 bridgehead atoms. The molecule has 1 atom stereocenters. The summed E-state index contributed by atoms with van der Waals surface area (Å²) in [6.07, 6.45) is 7.45. The molecule has 0 aliphatic carbocycles. The van der Waals surface area contributed by atoms with Crippen molar-refractivity contribution in [3.05, 3.63) is 60.2 Å². The van der Waals surface area contributed by atoms with Crippen LogP contribution in [-0.2, 0) is 0 Å². The summed E-state index contributed by atoms with van der Waals surface area (Å²) in [5.74, 6) is 7.30. The van der Waals surface area contributed by atoms with Crippen molar-refractivity contribution in [2.24, 2.45) is 0 Å². The quantitative estimate of drug-likeness (QED) is 0.459. The van der Waals surface area contributed by atoms with Crippen LogP contribution in [0.5, 0.6) is 5.75 Å². The average molecular weight is 295 g/mol. The van der Waals surface area contributed by atoms with Gasteiger partial charge in [0.15, 0.2) is 0 Å². The van der Waals surface area contributed by atoms with Crippen LogP contribution in [0.1, 0.15) is 18.4 Å². The lowest BCUT2D eigenvalue weighted by Gasteiger charge is -1.97. The monoisotopic (exact) mass is 295 g/mol. The first-order valence-corrected chi connectivity index (χ1v) is 8.77. The number of hydrogen-bond acceptors (Lipinski definition) is 1. The predicted octanol–water partition coefficient (Wildman–Crippen LogP) is 4.07. The number of unbranched alkanes of at least 4 members (excludes halogenated alkanes) is 1. The third-order valence-corrected chi connectivity index (χ3v) is 5.06. The van der Waals surface area contributed by atoms with E-state index in [1.54, 1.807) is 7.11 Å². The van der Waals surface area contributed by atoms with Crippen molar-refractivity contribution in [3.8, 4) is 17.6 Å². The van der Waals surface area contributed by atoms with E-state index in [-0.39, 0.29) is 7.55 Å². The molecule has 106 valence electrons. The maximum absolute atomic E-state index is 5.13. The van der Waals surface area contributed by atoms with E-state index in [2.05, 4.69) is 42.4 Å². The van der Waals surface area contributed by atoms with Crippen molar-refractivity contribution in [3.63, 3.8) is 0 Å². The van der Waals surface area contributed by atoms with Gasteiger partial charge in [-0.3, -0.25) is 0 Å². The Bertz CT molecular complexity index is 633. The van der Waals surface area contributed by atoms with Crippen LogP contribution in [0.2, 0.25) is 0 Å². The zero-order chi connectivity index (χ0) is 14.9. The Kier molecular flexibility index (Phi) is 6.07. The standard InChI is InChI=1S/C19H20OP/c1-20-18-14-12-17(13-15-18)9-5-4-8-16-21(2)19-10-6-3-7-11-19/h3,6-7,10-15H,2,4,8,16H2,1H3/q+1. The second kappa shape index (κ2) is 8.30. The van der Waals surface area contributed by atoms with E-state index in [0.29, 0.717) is 0 Å². The summed E-state index contributed by atoms with van der Waals surface area (Å²) in [4.78, 5) is 0. The van der Waals surface area contributed by atoms with Crippen LogP contribution in [0.25, 0.3) is 0 Å². The smallest absolute Gasteiger partial charge is 0.147 e. The van der Waals surface area contributed by atoms with Gasteiger partial charge in [-0.05, 0) is 42.8 Å². The highest BCUT2D eigenvalue weighted by molar-refractivity contribution is 7.63. The van der Waals surface area contributed by atoms with Gasteiger partial charge in [-0.2, -0.15) is 0 Å². The van der Waals surface area contributed by atoms with E-state index in [1.807, 2.05) is 30.3 Å². The molecule has 2 rings (SSSR count). The Morgan fingerprint density at radius 3 is 2.43 bits per heavy atom. The number of methoxy groups -OCH3 is 1. The number of ether oxygens (including phenoxy) is 1. The first kappa shape index (κ1) is 15.4. The number of benzene rings is 2. The van der Waals surface area contributed by atoms with E-state index >= 15 is 0 Å². The third-order valence-electron chi connectivity index (χ3n) is 3.17. The average Bonchev–Trinajstić information content (AvgIpc) is 2.55. The van der Waals surface area contributed by atoms with Crippen LogP contribution in [0.4, 0.5) is 0 Å². The highest BCUT2D eigenvalue weighted by Crippen LogP contribution is 2.20. The molecule has 2 heteroatoms. The molecule has 1 nitrogen and oxygen atoms in total. The van der Waals surface area contributed by atoms with Crippen LogP contribution in [0, 0.1) is 11.8 Å². The largest absolute Gasteiger partial charge is 0.497 e. The SMILES string of the molecule is C=[P+](CCCC#Cc1ccc(OC)cc1)c1ccccc1. The molecular formula is C19H20OP+. The molecule has 0 spiro atoms. The summed E-state index contributed by atoms with van der Waals surface area (Å²) in [6, 6.07) is 18.4. The van der Waals surface area contributed by atoms with Gasteiger partial charge < -0.3 is 4.74 Å². The molecular weight excluding hydrogens is 275 g/mol. The van der Waals surface area contributed by atoms with Crippen molar-refractivity contribution in [1.82, 2.24) is 0 Å². The van der Waals surface area contributed by atoms with Gasteiger partial charge in [0.25, 0.3) is 0 Å². The van der Waals surface area contributed by atoms with E-state index in [9.17, 15) is 0 Å². The van der Waals surface area contributed by atoms with Crippen LogP contribution in [0.3, 0.4) is 0 Å². The van der Waals surface area contributed by atoms with Crippen LogP contribution >= 0.6 is 7.55 Å². The lowest BCUT2D eigenvalue weighted by atomic mass is 10.2. The Balaban J connectivity index is 1.77. The summed E-state index contributed by atoms with van der Waals surface area (Å²) < 4.78 is 5.13. The van der Waals surface area contributed by atoms with Gasteiger partial charge in [-0.15, -0.1) is 0 Å². The van der Waals surface area contributed by atoms with Gasteiger partial charge in [-0.25, -0.2) is 0 Å². The number of rotatable bonds is 5. The summed E-state index contributed by atoms with van der Waals surface area (Å²) in [7, 11) is 1.38. The van der Waals surface area contributed by atoms with Crippen molar-refractivity contribution >= 4 is 19.1 Å². The Hall–Kier alpha value is -2.03. The maximum Gasteiger partial charge on any atom is 0.147 e. The maximum atomic E-state index is 5.13. The molecule has 0 aliphatic heterocycles. The number of hydrogen-bond donors (Lipinski definition) is 0. The molecule has 0 amide bonds. The molecule has 2 aromatic rings. The molecule has 2 aromatic carbocycles. The third kappa shape index (κ3) is 5.10. The Morgan fingerprint density at radius 1 is 1.05 bits per heavy atom. The van der Waals surface area contributed by atoms with E-state index < -0.39 is 0 Å². The lowest BCUT2D eigenvalue weighted by Crippen LogP contribution is -1.96. The second-order valence-electron chi connectivity index (χ2n) is 4.73. The van der Waals surface area contributed by atoms with Crippen molar-refractivity contribution in [1.29, 1.82) is 0 Å². The van der Waals surface area contributed by atoms with Crippen molar-refractivity contribution in [2.45, 2.75) is 12.8 Å². The summed E-state index contributed by atoms with van der Waals surface area (Å²) in [6.45, 7) is 0. The zero-order valence-corrected chi connectivity index (χ0v) is 13.3. The molecule has 0 N–H and O–H groups in total. The molecule has 0 heterocycles. The zero-order valence-electron chi connectivity index (χ0n) is 12.4. The topological polar surface area (TPSA) is 9.23 Å². The van der Waals surface area contributed by atoms with E-state index in [4.69, 9.17) is 4.74 Å².